The first kappa shape index (κ1) is 22.9. The first-order valence-electron chi connectivity index (χ1n) is 13.0. The Morgan fingerprint density at radius 3 is 2.34 bits per heavy atom. The second-order valence-corrected chi connectivity index (χ2v) is 10.4. The highest BCUT2D eigenvalue weighted by atomic mass is 16.5. The van der Waals surface area contributed by atoms with Crippen molar-refractivity contribution in [3.63, 3.8) is 0 Å². The number of Topliss-reactive ketones (excluding diaryl/α,β-unsaturated/α-hetero) is 1. The summed E-state index contributed by atoms with van der Waals surface area (Å²) in [5, 5.41) is 6.14. The highest BCUT2D eigenvalue weighted by Crippen LogP contribution is 2.67. The fourth-order valence-electron chi connectivity index (χ4n) is 7.58. The summed E-state index contributed by atoms with van der Waals surface area (Å²) in [7, 11) is 0. The minimum absolute atomic E-state index is 0.141. The van der Waals surface area contributed by atoms with Crippen molar-refractivity contribution in [1.29, 1.82) is 0 Å². The van der Waals surface area contributed by atoms with E-state index >= 15 is 0 Å². The average molecular weight is 506 g/mol. The maximum Gasteiger partial charge on any atom is 0.251 e. The lowest BCUT2D eigenvalue weighted by Crippen LogP contribution is -2.62. The van der Waals surface area contributed by atoms with Gasteiger partial charge in [-0.1, -0.05) is 49.1 Å². The molecule has 38 heavy (non-hydrogen) atoms. The van der Waals surface area contributed by atoms with E-state index in [-0.39, 0.29) is 23.6 Å². The van der Waals surface area contributed by atoms with Crippen LogP contribution in [0.5, 0.6) is 5.75 Å². The van der Waals surface area contributed by atoms with Gasteiger partial charge in [0, 0.05) is 28.5 Å². The largest absolute Gasteiger partial charge is 0.490 e. The Bertz CT molecular complexity index is 1520. The van der Waals surface area contributed by atoms with E-state index < -0.39 is 16.9 Å². The molecule has 2 fully saturated rings. The molecule has 3 aromatic carbocycles. The molecule has 4 aliphatic rings. The predicted molar refractivity (Wildman–Crippen MR) is 143 cm³/mol. The van der Waals surface area contributed by atoms with Gasteiger partial charge in [0.2, 0.25) is 5.91 Å². The molecule has 4 heterocycles. The fourth-order valence-corrected chi connectivity index (χ4v) is 7.58. The third kappa shape index (κ3) is 2.64. The number of anilines is 2. The minimum atomic E-state index is -1.43. The van der Waals surface area contributed by atoms with Gasteiger partial charge in [0.25, 0.3) is 5.91 Å². The molecule has 2 N–H and O–H groups in total. The molecule has 0 unspecified atom stereocenters. The summed E-state index contributed by atoms with van der Waals surface area (Å²) < 4.78 is 5.62. The van der Waals surface area contributed by atoms with Gasteiger partial charge in [-0.25, -0.2) is 0 Å². The lowest BCUT2D eigenvalue weighted by Gasteiger charge is -2.43. The Hall–Kier alpha value is -4.23. The van der Waals surface area contributed by atoms with Gasteiger partial charge in [-0.2, -0.15) is 0 Å². The van der Waals surface area contributed by atoms with Crippen molar-refractivity contribution in [2.75, 3.05) is 23.8 Å². The number of fused-ring (bicyclic) bond motifs is 7. The van der Waals surface area contributed by atoms with E-state index in [1.54, 1.807) is 30.3 Å². The van der Waals surface area contributed by atoms with Gasteiger partial charge in [0.05, 0.1) is 5.92 Å². The zero-order valence-electron chi connectivity index (χ0n) is 20.8. The molecule has 2 spiro atoms. The van der Waals surface area contributed by atoms with Crippen LogP contribution >= 0.6 is 0 Å². The van der Waals surface area contributed by atoms with E-state index in [1.807, 2.05) is 48.5 Å². The lowest BCUT2D eigenvalue weighted by molar-refractivity contribution is -0.137. The van der Waals surface area contributed by atoms with E-state index in [0.29, 0.717) is 41.4 Å². The molecule has 190 valence electrons. The number of nitrogens with one attached hydrogen (secondary N) is 2. The standard InChI is InChI=1S/C31H27N3O4/c1-2-18-38-20-15-13-19(14-16-20)27(35)26-25-12-7-17-34(25)31(22-9-4-6-11-24(22)33-29(31)37)30(26)21-8-3-5-10-23(21)32-28(30)36/h2-6,8-11,13-16,25-26H,1,7,12,17-18H2,(H,32,36)(H,33,37)/t25-,26-,30+,31+/m0/s1. The third-order valence-corrected chi connectivity index (χ3v) is 8.79. The molecule has 7 nitrogen and oxygen atoms in total. The zero-order chi connectivity index (χ0) is 26.1. The van der Waals surface area contributed by atoms with Crippen LogP contribution in [0.2, 0.25) is 0 Å². The number of ether oxygens (including phenoxy) is 1. The van der Waals surface area contributed by atoms with Gasteiger partial charge in [-0.05, 0) is 61.3 Å². The van der Waals surface area contributed by atoms with E-state index in [1.165, 1.54) is 0 Å². The maximum absolute atomic E-state index is 14.6. The van der Waals surface area contributed by atoms with Gasteiger partial charge >= 0.3 is 0 Å². The molecular weight excluding hydrogens is 478 g/mol. The second kappa shape index (κ2) is 8.13. The number of carbonyl (C=O) groups excluding carboxylic acids is 3. The van der Waals surface area contributed by atoms with Crippen molar-refractivity contribution in [2.45, 2.75) is 29.8 Å². The van der Waals surface area contributed by atoms with E-state index in [9.17, 15) is 14.4 Å². The number of carbonyl (C=O) groups is 3. The van der Waals surface area contributed by atoms with Crippen molar-refractivity contribution in [1.82, 2.24) is 4.90 Å². The number of nitrogens with zero attached hydrogens (tertiary/aromatic N) is 1. The van der Waals surface area contributed by atoms with Gasteiger partial charge < -0.3 is 15.4 Å². The van der Waals surface area contributed by atoms with Crippen molar-refractivity contribution >= 4 is 29.0 Å². The van der Waals surface area contributed by atoms with E-state index in [0.717, 1.165) is 18.4 Å². The number of amides is 2. The first-order valence-corrected chi connectivity index (χ1v) is 13.0. The lowest BCUT2D eigenvalue weighted by atomic mass is 9.57. The summed E-state index contributed by atoms with van der Waals surface area (Å²) in [6.07, 6.45) is 3.24. The van der Waals surface area contributed by atoms with Gasteiger partial charge in [0.1, 0.15) is 23.3 Å². The van der Waals surface area contributed by atoms with E-state index in [2.05, 4.69) is 22.1 Å². The number of rotatable bonds is 5. The summed E-state index contributed by atoms with van der Waals surface area (Å²) in [5.41, 5.74) is 0.531. The van der Waals surface area contributed by atoms with Crippen molar-refractivity contribution in [3.05, 3.63) is 102 Å². The molecule has 2 amide bonds. The van der Waals surface area contributed by atoms with Crippen molar-refractivity contribution < 1.29 is 19.1 Å². The quantitative estimate of drug-likeness (QED) is 0.400. The van der Waals surface area contributed by atoms with Crippen LogP contribution in [0, 0.1) is 5.92 Å². The van der Waals surface area contributed by atoms with Crippen LogP contribution in [0.15, 0.2) is 85.5 Å². The van der Waals surface area contributed by atoms with Crippen LogP contribution in [0.4, 0.5) is 11.4 Å². The van der Waals surface area contributed by atoms with Crippen LogP contribution in [0.1, 0.15) is 34.3 Å². The van der Waals surface area contributed by atoms with Crippen LogP contribution in [0.3, 0.4) is 0 Å². The number of hydrogen-bond acceptors (Lipinski definition) is 5. The topological polar surface area (TPSA) is 87.7 Å². The molecule has 0 aliphatic carbocycles. The molecule has 7 heteroatoms. The van der Waals surface area contributed by atoms with Crippen molar-refractivity contribution in [3.8, 4) is 5.75 Å². The highest BCUT2D eigenvalue weighted by Gasteiger charge is 2.81. The minimum Gasteiger partial charge on any atom is -0.490 e. The number of ketones is 1. The molecule has 7 rings (SSSR count). The zero-order valence-corrected chi connectivity index (χ0v) is 20.8. The summed E-state index contributed by atoms with van der Waals surface area (Å²) in [6.45, 7) is 4.67. The van der Waals surface area contributed by atoms with Crippen LogP contribution in [-0.4, -0.2) is 41.7 Å². The Morgan fingerprint density at radius 2 is 1.61 bits per heavy atom. The Balaban J connectivity index is 1.49. The molecule has 0 bridgehead atoms. The molecule has 4 aliphatic heterocycles. The highest BCUT2D eigenvalue weighted by molar-refractivity contribution is 6.21. The Kier molecular flexibility index (Phi) is 4.91. The first-order chi connectivity index (χ1) is 18.5. The monoisotopic (exact) mass is 505 g/mol. The SMILES string of the molecule is C=CCOc1ccc(C(=O)[C@@H]2[C@@H]3CCCN3[C@]3(C(=O)Nc4ccccc43)[C@@]23C(=O)Nc2ccccc23)cc1. The van der Waals surface area contributed by atoms with Crippen LogP contribution < -0.4 is 15.4 Å². The summed E-state index contributed by atoms with van der Waals surface area (Å²) in [5.74, 6) is -0.816. The molecular formula is C31H27N3O4. The van der Waals surface area contributed by atoms with Crippen LogP contribution in [-0.2, 0) is 20.5 Å². The summed E-state index contributed by atoms with van der Waals surface area (Å²) >= 11 is 0. The normalized spacial score (nSPS) is 28.6. The molecule has 3 aromatic rings. The summed E-state index contributed by atoms with van der Waals surface area (Å²) in [6, 6.07) is 21.8. The number of benzene rings is 3. The molecule has 2 saturated heterocycles. The van der Waals surface area contributed by atoms with Gasteiger partial charge in [-0.15, -0.1) is 0 Å². The Morgan fingerprint density at radius 1 is 0.947 bits per heavy atom. The average Bonchev–Trinajstić information content (AvgIpc) is 3.66. The smallest absolute Gasteiger partial charge is 0.251 e. The molecule has 0 radical (unpaired) electrons. The predicted octanol–water partition coefficient (Wildman–Crippen LogP) is 4.27. The summed E-state index contributed by atoms with van der Waals surface area (Å²) in [4.78, 5) is 45.5. The van der Waals surface area contributed by atoms with Crippen molar-refractivity contribution in [2.24, 2.45) is 5.92 Å². The van der Waals surface area contributed by atoms with Crippen LogP contribution in [0.25, 0.3) is 0 Å². The maximum atomic E-state index is 14.6. The van der Waals surface area contributed by atoms with E-state index in [4.69, 9.17) is 4.74 Å². The second-order valence-electron chi connectivity index (χ2n) is 10.4. The molecule has 4 atom stereocenters. The third-order valence-electron chi connectivity index (χ3n) is 8.79. The molecule has 0 saturated carbocycles. The Labute approximate surface area is 220 Å². The number of para-hydroxylation sites is 2. The molecule has 0 aromatic heterocycles. The number of hydrogen-bond donors (Lipinski definition) is 2. The van der Waals surface area contributed by atoms with Gasteiger partial charge in [0.15, 0.2) is 5.78 Å². The van der Waals surface area contributed by atoms with Gasteiger partial charge in [-0.3, -0.25) is 19.3 Å². The fraction of sp³-hybridized carbons (Fsp3) is 0.258.